The number of rotatable bonds is 2. The molecule has 94 valence electrons. The first-order valence-corrected chi connectivity index (χ1v) is 5.92. The molecule has 0 atom stereocenters. The van der Waals surface area contributed by atoms with E-state index in [1.165, 1.54) is 0 Å². The first-order valence-electron chi connectivity index (χ1n) is 5.92. The predicted molar refractivity (Wildman–Crippen MR) is 66.5 cm³/mol. The zero-order chi connectivity index (χ0) is 12.8. The zero-order valence-corrected chi connectivity index (χ0v) is 10.9. The molecular weight excluding hydrogens is 216 g/mol. The summed E-state index contributed by atoms with van der Waals surface area (Å²) in [4.78, 5) is 0. The van der Waals surface area contributed by atoms with Gasteiger partial charge < -0.3 is 14.9 Å². The van der Waals surface area contributed by atoms with E-state index in [1.54, 1.807) is 13.2 Å². The molecule has 1 saturated carbocycles. The van der Waals surface area contributed by atoms with E-state index in [4.69, 9.17) is 4.74 Å². The van der Waals surface area contributed by atoms with Crippen LogP contribution in [0.2, 0.25) is 0 Å². The molecule has 1 aliphatic carbocycles. The van der Waals surface area contributed by atoms with Crippen molar-refractivity contribution in [2.75, 3.05) is 7.11 Å². The third-order valence-corrected chi connectivity index (χ3v) is 3.35. The maximum atomic E-state index is 10.1. The van der Waals surface area contributed by atoms with Crippen molar-refractivity contribution >= 4 is 0 Å². The third kappa shape index (κ3) is 2.12. The van der Waals surface area contributed by atoms with Gasteiger partial charge in [0.05, 0.1) is 12.7 Å². The van der Waals surface area contributed by atoms with Gasteiger partial charge in [-0.15, -0.1) is 0 Å². The summed E-state index contributed by atoms with van der Waals surface area (Å²) in [5.41, 5.74) is 0.592. The molecule has 0 spiro atoms. The van der Waals surface area contributed by atoms with E-state index in [2.05, 4.69) is 0 Å². The standard InChI is InChI=1S/C14H20O3/c1-13(2,3)9-8-12(17-4)10(7-11(9)15)14(16)5-6-14/h7-8,15-16H,5-6H2,1-4H3. The Kier molecular flexibility index (Phi) is 2.62. The van der Waals surface area contributed by atoms with Crippen LogP contribution in [0, 0.1) is 0 Å². The number of hydrogen-bond acceptors (Lipinski definition) is 3. The van der Waals surface area contributed by atoms with Crippen LogP contribution in [0.5, 0.6) is 11.5 Å². The molecule has 2 N–H and O–H groups in total. The topological polar surface area (TPSA) is 49.7 Å². The quantitative estimate of drug-likeness (QED) is 0.830. The van der Waals surface area contributed by atoms with Gasteiger partial charge in [0.2, 0.25) is 0 Å². The fourth-order valence-corrected chi connectivity index (χ4v) is 2.09. The molecule has 1 aromatic rings. The molecule has 1 aliphatic rings. The molecule has 0 aromatic heterocycles. The molecule has 17 heavy (non-hydrogen) atoms. The Morgan fingerprint density at radius 3 is 2.24 bits per heavy atom. The summed E-state index contributed by atoms with van der Waals surface area (Å²) in [7, 11) is 1.59. The van der Waals surface area contributed by atoms with Crippen LogP contribution in [0.1, 0.15) is 44.7 Å². The van der Waals surface area contributed by atoms with Gasteiger partial charge in [0.15, 0.2) is 0 Å². The van der Waals surface area contributed by atoms with Crippen LogP contribution in [0.3, 0.4) is 0 Å². The van der Waals surface area contributed by atoms with E-state index < -0.39 is 5.60 Å². The zero-order valence-electron chi connectivity index (χ0n) is 10.9. The normalized spacial score (nSPS) is 17.9. The van der Waals surface area contributed by atoms with Crippen LogP contribution < -0.4 is 4.74 Å². The van der Waals surface area contributed by atoms with Gasteiger partial charge in [0, 0.05) is 11.1 Å². The molecule has 0 amide bonds. The Labute approximate surface area is 102 Å². The molecule has 0 radical (unpaired) electrons. The largest absolute Gasteiger partial charge is 0.508 e. The fourth-order valence-electron chi connectivity index (χ4n) is 2.09. The lowest BCUT2D eigenvalue weighted by molar-refractivity contribution is 0.147. The van der Waals surface area contributed by atoms with Crippen molar-refractivity contribution in [2.45, 2.75) is 44.6 Å². The highest BCUT2D eigenvalue weighted by atomic mass is 16.5. The maximum Gasteiger partial charge on any atom is 0.125 e. The minimum absolute atomic E-state index is 0.151. The number of ether oxygens (including phenoxy) is 1. The fraction of sp³-hybridized carbons (Fsp3) is 0.571. The molecule has 0 bridgehead atoms. The van der Waals surface area contributed by atoms with Gasteiger partial charge in [0.1, 0.15) is 11.5 Å². The van der Waals surface area contributed by atoms with Crippen LogP contribution in [0.25, 0.3) is 0 Å². The summed E-state index contributed by atoms with van der Waals surface area (Å²) in [6, 6.07) is 3.48. The van der Waals surface area contributed by atoms with Crippen molar-refractivity contribution in [3.8, 4) is 11.5 Å². The van der Waals surface area contributed by atoms with E-state index in [0.29, 0.717) is 11.3 Å². The first-order chi connectivity index (χ1) is 7.78. The molecule has 0 unspecified atom stereocenters. The van der Waals surface area contributed by atoms with Crippen LogP contribution in [0.4, 0.5) is 0 Å². The Morgan fingerprint density at radius 1 is 1.24 bits per heavy atom. The average Bonchev–Trinajstić information content (AvgIpc) is 2.95. The van der Waals surface area contributed by atoms with Crippen LogP contribution >= 0.6 is 0 Å². The minimum atomic E-state index is -0.792. The van der Waals surface area contributed by atoms with Crippen LogP contribution in [0.15, 0.2) is 12.1 Å². The molecule has 1 fully saturated rings. The van der Waals surface area contributed by atoms with Gasteiger partial charge in [-0.2, -0.15) is 0 Å². The van der Waals surface area contributed by atoms with Gasteiger partial charge in [-0.1, -0.05) is 20.8 Å². The lowest BCUT2D eigenvalue weighted by Gasteiger charge is -2.23. The monoisotopic (exact) mass is 236 g/mol. The van der Waals surface area contributed by atoms with Crippen molar-refractivity contribution in [3.05, 3.63) is 23.3 Å². The Balaban J connectivity index is 2.55. The summed E-state index contributed by atoms with van der Waals surface area (Å²) in [5, 5.41) is 20.2. The molecule has 2 rings (SSSR count). The molecule has 0 saturated heterocycles. The summed E-state index contributed by atoms with van der Waals surface area (Å²) in [6.45, 7) is 6.10. The highest BCUT2D eigenvalue weighted by Crippen LogP contribution is 2.51. The highest BCUT2D eigenvalue weighted by Gasteiger charge is 2.45. The van der Waals surface area contributed by atoms with Gasteiger partial charge in [-0.3, -0.25) is 0 Å². The summed E-state index contributed by atoms with van der Waals surface area (Å²) < 4.78 is 5.33. The van der Waals surface area contributed by atoms with E-state index in [1.807, 2.05) is 26.8 Å². The van der Waals surface area contributed by atoms with Gasteiger partial charge in [0.25, 0.3) is 0 Å². The Morgan fingerprint density at radius 2 is 1.82 bits per heavy atom. The molecule has 3 heteroatoms. The van der Waals surface area contributed by atoms with Gasteiger partial charge in [-0.25, -0.2) is 0 Å². The van der Waals surface area contributed by atoms with E-state index in [0.717, 1.165) is 18.4 Å². The molecular formula is C14H20O3. The number of aromatic hydroxyl groups is 1. The maximum absolute atomic E-state index is 10.1. The van der Waals surface area contributed by atoms with E-state index in [9.17, 15) is 10.2 Å². The van der Waals surface area contributed by atoms with Gasteiger partial charge >= 0.3 is 0 Å². The van der Waals surface area contributed by atoms with E-state index >= 15 is 0 Å². The number of methoxy groups -OCH3 is 1. The molecule has 3 nitrogen and oxygen atoms in total. The smallest absolute Gasteiger partial charge is 0.125 e. The van der Waals surface area contributed by atoms with Gasteiger partial charge in [-0.05, 0) is 30.4 Å². The summed E-state index contributed by atoms with van der Waals surface area (Å²) in [5.74, 6) is 0.890. The van der Waals surface area contributed by atoms with Crippen LogP contribution in [-0.2, 0) is 11.0 Å². The van der Waals surface area contributed by atoms with Crippen molar-refractivity contribution in [1.82, 2.24) is 0 Å². The molecule has 0 aliphatic heterocycles. The average molecular weight is 236 g/mol. The van der Waals surface area contributed by atoms with E-state index in [-0.39, 0.29) is 11.2 Å². The summed E-state index contributed by atoms with van der Waals surface area (Å²) in [6.07, 6.45) is 1.47. The number of benzene rings is 1. The second-order valence-electron chi connectivity index (χ2n) is 5.85. The highest BCUT2D eigenvalue weighted by molar-refractivity contribution is 5.52. The van der Waals surface area contributed by atoms with Crippen molar-refractivity contribution < 1.29 is 14.9 Å². The number of phenols is 1. The number of aliphatic hydroxyl groups is 1. The Bertz CT molecular complexity index is 440. The second-order valence-corrected chi connectivity index (χ2v) is 5.85. The third-order valence-electron chi connectivity index (χ3n) is 3.35. The lowest BCUT2D eigenvalue weighted by atomic mass is 9.85. The van der Waals surface area contributed by atoms with Crippen molar-refractivity contribution in [3.63, 3.8) is 0 Å². The van der Waals surface area contributed by atoms with Crippen molar-refractivity contribution in [2.24, 2.45) is 0 Å². The molecule has 1 aromatic carbocycles. The Hall–Kier alpha value is -1.22. The lowest BCUT2D eigenvalue weighted by Crippen LogP contribution is -2.14. The van der Waals surface area contributed by atoms with Crippen LogP contribution in [-0.4, -0.2) is 17.3 Å². The predicted octanol–water partition coefficient (Wildman–Crippen LogP) is 2.68. The number of phenolic OH excluding ortho intramolecular Hbond substituents is 1. The summed E-state index contributed by atoms with van der Waals surface area (Å²) >= 11 is 0. The first kappa shape index (κ1) is 12.2. The molecule has 0 heterocycles. The SMILES string of the molecule is COc1cc(C(C)(C)C)c(O)cc1C1(O)CC1. The second kappa shape index (κ2) is 3.64. The number of hydrogen-bond donors (Lipinski definition) is 2. The van der Waals surface area contributed by atoms with Crippen molar-refractivity contribution in [1.29, 1.82) is 0 Å². The minimum Gasteiger partial charge on any atom is -0.508 e.